The van der Waals surface area contributed by atoms with Crippen LogP contribution in [0.2, 0.25) is 0 Å². The Hall–Kier alpha value is -2.80. The van der Waals surface area contributed by atoms with Crippen LogP contribution in [-0.2, 0) is 6.54 Å². The van der Waals surface area contributed by atoms with Crippen molar-refractivity contribution >= 4 is 16.7 Å². The molecule has 0 saturated carbocycles. The molecule has 4 nitrogen and oxygen atoms in total. The highest BCUT2D eigenvalue weighted by atomic mass is 15.0. The van der Waals surface area contributed by atoms with E-state index >= 15 is 0 Å². The lowest BCUT2D eigenvalue weighted by Crippen LogP contribution is -2.05. The molecule has 0 aliphatic carbocycles. The van der Waals surface area contributed by atoms with Crippen LogP contribution in [0.3, 0.4) is 0 Å². The van der Waals surface area contributed by atoms with Gasteiger partial charge in [-0.2, -0.15) is 5.26 Å². The molecule has 1 N–H and O–H groups in total. The molecule has 1 aromatic carbocycles. The zero-order valence-corrected chi connectivity index (χ0v) is 11.2. The van der Waals surface area contributed by atoms with E-state index in [0.29, 0.717) is 12.2 Å². The lowest BCUT2D eigenvalue weighted by atomic mass is 10.1. The SMILES string of the molecule is CNc1nc2ccccc2cc1Cn1cccc1C#N. The molecule has 0 amide bonds. The van der Waals surface area contributed by atoms with Gasteiger partial charge in [0, 0.05) is 24.2 Å². The number of nitrogens with one attached hydrogen (secondary N) is 1. The average Bonchev–Trinajstić information content (AvgIpc) is 2.93. The van der Waals surface area contributed by atoms with Gasteiger partial charge in [0.25, 0.3) is 0 Å². The van der Waals surface area contributed by atoms with Crippen LogP contribution in [0, 0.1) is 11.3 Å². The third-order valence-corrected chi connectivity index (χ3v) is 3.32. The summed E-state index contributed by atoms with van der Waals surface area (Å²) in [6, 6.07) is 16.0. The number of rotatable bonds is 3. The van der Waals surface area contributed by atoms with Gasteiger partial charge in [-0.05, 0) is 24.3 Å². The number of anilines is 1. The monoisotopic (exact) mass is 262 g/mol. The van der Waals surface area contributed by atoms with Crippen molar-refractivity contribution in [2.45, 2.75) is 6.54 Å². The average molecular weight is 262 g/mol. The van der Waals surface area contributed by atoms with Gasteiger partial charge in [0.05, 0.1) is 12.1 Å². The third kappa shape index (κ3) is 2.10. The van der Waals surface area contributed by atoms with Gasteiger partial charge in [0.15, 0.2) is 0 Å². The maximum absolute atomic E-state index is 9.08. The number of nitrogens with zero attached hydrogens (tertiary/aromatic N) is 3. The van der Waals surface area contributed by atoms with Gasteiger partial charge in [-0.15, -0.1) is 0 Å². The number of aromatic nitrogens is 2. The van der Waals surface area contributed by atoms with Crippen LogP contribution in [-0.4, -0.2) is 16.6 Å². The van der Waals surface area contributed by atoms with Crippen molar-refractivity contribution < 1.29 is 0 Å². The Morgan fingerprint density at radius 3 is 2.90 bits per heavy atom. The van der Waals surface area contributed by atoms with Crippen LogP contribution in [0.5, 0.6) is 0 Å². The van der Waals surface area contributed by atoms with Crippen LogP contribution in [0.4, 0.5) is 5.82 Å². The first-order valence-corrected chi connectivity index (χ1v) is 6.43. The van der Waals surface area contributed by atoms with Gasteiger partial charge in [0.2, 0.25) is 0 Å². The van der Waals surface area contributed by atoms with Gasteiger partial charge in [-0.1, -0.05) is 18.2 Å². The van der Waals surface area contributed by atoms with Crippen LogP contribution in [0.25, 0.3) is 10.9 Å². The lowest BCUT2D eigenvalue weighted by molar-refractivity contribution is 0.793. The third-order valence-electron chi connectivity index (χ3n) is 3.32. The van der Waals surface area contributed by atoms with Crippen LogP contribution < -0.4 is 5.32 Å². The maximum atomic E-state index is 9.08. The molecule has 4 heteroatoms. The van der Waals surface area contributed by atoms with Crippen LogP contribution >= 0.6 is 0 Å². The molecule has 0 spiro atoms. The standard InChI is InChI=1S/C16H14N4/c1-18-16-13(11-20-8-4-6-14(20)10-17)9-12-5-2-3-7-15(12)19-16/h2-9H,11H2,1H3,(H,18,19). The van der Waals surface area contributed by atoms with Gasteiger partial charge in [-0.3, -0.25) is 0 Å². The topological polar surface area (TPSA) is 53.6 Å². The summed E-state index contributed by atoms with van der Waals surface area (Å²) in [5.41, 5.74) is 2.69. The summed E-state index contributed by atoms with van der Waals surface area (Å²) in [4.78, 5) is 4.62. The summed E-state index contributed by atoms with van der Waals surface area (Å²) >= 11 is 0. The van der Waals surface area contributed by atoms with Gasteiger partial charge >= 0.3 is 0 Å². The van der Waals surface area contributed by atoms with E-state index in [0.717, 1.165) is 22.3 Å². The number of nitriles is 1. The molecule has 0 fully saturated rings. The zero-order valence-electron chi connectivity index (χ0n) is 11.2. The minimum absolute atomic E-state index is 0.629. The Kier molecular flexibility index (Phi) is 3.10. The fourth-order valence-electron chi connectivity index (χ4n) is 2.33. The first-order valence-electron chi connectivity index (χ1n) is 6.43. The van der Waals surface area contributed by atoms with Crippen molar-refractivity contribution in [1.29, 1.82) is 5.26 Å². The Morgan fingerprint density at radius 2 is 2.10 bits per heavy atom. The molecule has 3 aromatic rings. The molecule has 2 aromatic heterocycles. The Balaban J connectivity index is 2.08. The van der Waals surface area contributed by atoms with E-state index in [1.54, 1.807) is 0 Å². The quantitative estimate of drug-likeness (QED) is 0.789. The number of hydrogen-bond donors (Lipinski definition) is 1. The van der Waals surface area contributed by atoms with E-state index < -0.39 is 0 Å². The predicted octanol–water partition coefficient (Wildman–Crippen LogP) is 3.00. The second kappa shape index (κ2) is 5.06. The Labute approximate surface area is 117 Å². The van der Waals surface area contributed by atoms with Gasteiger partial charge < -0.3 is 9.88 Å². The predicted molar refractivity (Wildman–Crippen MR) is 79.5 cm³/mol. The number of hydrogen-bond acceptors (Lipinski definition) is 3. The first kappa shape index (κ1) is 12.2. The maximum Gasteiger partial charge on any atom is 0.131 e. The zero-order chi connectivity index (χ0) is 13.9. The molecule has 0 aliphatic rings. The molecule has 0 atom stereocenters. The minimum Gasteiger partial charge on any atom is -0.373 e. The van der Waals surface area contributed by atoms with E-state index in [1.165, 1.54) is 0 Å². The largest absolute Gasteiger partial charge is 0.373 e. The van der Waals surface area contributed by atoms with E-state index in [-0.39, 0.29) is 0 Å². The summed E-state index contributed by atoms with van der Waals surface area (Å²) in [6.07, 6.45) is 1.91. The molecule has 0 saturated heterocycles. The summed E-state index contributed by atoms with van der Waals surface area (Å²) in [5, 5.41) is 13.3. The highest BCUT2D eigenvalue weighted by Crippen LogP contribution is 2.21. The molecule has 0 radical (unpaired) electrons. The second-order valence-corrected chi connectivity index (χ2v) is 4.57. The second-order valence-electron chi connectivity index (χ2n) is 4.57. The van der Waals surface area contributed by atoms with E-state index in [2.05, 4.69) is 22.4 Å². The van der Waals surface area contributed by atoms with Crippen molar-refractivity contribution in [3.8, 4) is 6.07 Å². The smallest absolute Gasteiger partial charge is 0.131 e. The molecule has 0 unspecified atom stereocenters. The molecule has 0 bridgehead atoms. The van der Waals surface area contributed by atoms with Crippen molar-refractivity contribution in [3.63, 3.8) is 0 Å². The number of pyridine rings is 1. The van der Waals surface area contributed by atoms with E-state index in [1.807, 2.05) is 54.2 Å². The Morgan fingerprint density at radius 1 is 1.25 bits per heavy atom. The molecule has 2 heterocycles. The highest BCUT2D eigenvalue weighted by Gasteiger charge is 2.08. The fourth-order valence-corrected chi connectivity index (χ4v) is 2.33. The Bertz CT molecular complexity index is 796. The number of benzene rings is 1. The molecule has 0 aliphatic heterocycles. The highest BCUT2D eigenvalue weighted by molar-refractivity contribution is 5.81. The first-order chi connectivity index (χ1) is 9.81. The van der Waals surface area contributed by atoms with E-state index in [9.17, 15) is 0 Å². The fraction of sp³-hybridized carbons (Fsp3) is 0.125. The summed E-state index contributed by atoms with van der Waals surface area (Å²) in [6.45, 7) is 0.629. The molecule has 20 heavy (non-hydrogen) atoms. The van der Waals surface area contributed by atoms with Gasteiger partial charge in [-0.25, -0.2) is 4.98 Å². The van der Waals surface area contributed by atoms with E-state index in [4.69, 9.17) is 5.26 Å². The summed E-state index contributed by atoms with van der Waals surface area (Å²) in [7, 11) is 1.86. The number of para-hydroxylation sites is 1. The minimum atomic E-state index is 0.629. The van der Waals surface area contributed by atoms with Crippen molar-refractivity contribution in [2.24, 2.45) is 0 Å². The molecular formula is C16H14N4. The normalized spacial score (nSPS) is 10.4. The van der Waals surface area contributed by atoms with Crippen LogP contribution in [0.15, 0.2) is 48.7 Å². The van der Waals surface area contributed by atoms with Crippen molar-refractivity contribution in [2.75, 3.05) is 12.4 Å². The number of fused-ring (bicyclic) bond motifs is 1. The van der Waals surface area contributed by atoms with Crippen LogP contribution in [0.1, 0.15) is 11.3 Å². The summed E-state index contributed by atoms with van der Waals surface area (Å²) < 4.78 is 1.92. The molecule has 3 rings (SSSR count). The lowest BCUT2D eigenvalue weighted by Gasteiger charge is -2.11. The van der Waals surface area contributed by atoms with Crippen molar-refractivity contribution in [3.05, 3.63) is 59.9 Å². The molecular weight excluding hydrogens is 248 g/mol. The van der Waals surface area contributed by atoms with Gasteiger partial charge in [0.1, 0.15) is 17.6 Å². The van der Waals surface area contributed by atoms with Crippen molar-refractivity contribution in [1.82, 2.24) is 9.55 Å². The molecule has 98 valence electrons. The summed E-state index contributed by atoms with van der Waals surface area (Å²) in [5.74, 6) is 0.848.